The number of para-hydroxylation sites is 1. The van der Waals surface area contributed by atoms with Crippen molar-refractivity contribution in [3.8, 4) is 0 Å². The fourth-order valence-electron chi connectivity index (χ4n) is 1.62. The molecule has 1 aromatic carbocycles. The van der Waals surface area contributed by atoms with Crippen LogP contribution in [0.15, 0.2) is 30.3 Å². The SMILES string of the molecule is CC1OC1C(OC(=O)Nc1ccccc1)C(F)(F)F. The lowest BCUT2D eigenvalue weighted by atomic mass is 10.2. The smallest absolute Gasteiger partial charge is 0.428 e. The Bertz CT molecular complexity index is 449. The van der Waals surface area contributed by atoms with Crippen molar-refractivity contribution >= 4 is 11.8 Å². The van der Waals surface area contributed by atoms with Crippen molar-refractivity contribution in [2.75, 3.05) is 5.32 Å². The summed E-state index contributed by atoms with van der Waals surface area (Å²) in [4.78, 5) is 11.4. The maximum absolute atomic E-state index is 12.7. The third-order valence-corrected chi connectivity index (χ3v) is 2.63. The average Bonchev–Trinajstić information content (AvgIpc) is 3.03. The second kappa shape index (κ2) is 5.08. The van der Waals surface area contributed by atoms with Crippen LogP contribution in [0.25, 0.3) is 0 Å². The minimum absolute atomic E-state index is 0.359. The molecule has 0 bridgehead atoms. The second-order valence-electron chi connectivity index (χ2n) is 4.16. The molecule has 0 radical (unpaired) electrons. The summed E-state index contributed by atoms with van der Waals surface area (Å²) in [6.07, 6.45) is -9.73. The Morgan fingerprint density at radius 3 is 2.42 bits per heavy atom. The molecule has 7 heteroatoms. The summed E-state index contributed by atoms with van der Waals surface area (Å²) in [6.45, 7) is 1.49. The van der Waals surface area contributed by atoms with Crippen molar-refractivity contribution in [3.05, 3.63) is 30.3 Å². The Hall–Kier alpha value is -1.76. The first-order valence-corrected chi connectivity index (χ1v) is 5.63. The average molecular weight is 275 g/mol. The summed E-state index contributed by atoms with van der Waals surface area (Å²) in [5.74, 6) is 0. The molecule has 0 saturated carbocycles. The van der Waals surface area contributed by atoms with Crippen LogP contribution < -0.4 is 5.32 Å². The van der Waals surface area contributed by atoms with Gasteiger partial charge in [0.25, 0.3) is 0 Å². The van der Waals surface area contributed by atoms with Crippen molar-refractivity contribution in [3.63, 3.8) is 0 Å². The van der Waals surface area contributed by atoms with Crippen LogP contribution in [0.5, 0.6) is 0 Å². The molecule has 104 valence electrons. The number of halogens is 3. The van der Waals surface area contributed by atoms with Gasteiger partial charge in [-0.2, -0.15) is 13.2 Å². The van der Waals surface area contributed by atoms with E-state index >= 15 is 0 Å². The van der Waals surface area contributed by atoms with E-state index in [4.69, 9.17) is 4.74 Å². The monoisotopic (exact) mass is 275 g/mol. The van der Waals surface area contributed by atoms with Gasteiger partial charge in [-0.25, -0.2) is 4.79 Å². The predicted octanol–water partition coefficient (Wildman–Crippen LogP) is 2.95. The maximum Gasteiger partial charge on any atom is 0.428 e. The number of alkyl halides is 3. The highest BCUT2D eigenvalue weighted by Gasteiger charge is 2.57. The van der Waals surface area contributed by atoms with E-state index in [0.717, 1.165) is 0 Å². The van der Waals surface area contributed by atoms with Gasteiger partial charge in [0.15, 0.2) is 0 Å². The molecule has 1 aliphatic rings. The van der Waals surface area contributed by atoms with Gasteiger partial charge in [0.1, 0.15) is 6.10 Å². The van der Waals surface area contributed by atoms with Crippen LogP contribution in [-0.4, -0.2) is 30.6 Å². The van der Waals surface area contributed by atoms with Gasteiger partial charge in [0, 0.05) is 5.69 Å². The van der Waals surface area contributed by atoms with Crippen molar-refractivity contribution in [1.29, 1.82) is 0 Å². The molecule has 3 unspecified atom stereocenters. The molecule has 3 atom stereocenters. The van der Waals surface area contributed by atoms with E-state index in [9.17, 15) is 18.0 Å². The minimum atomic E-state index is -4.65. The standard InChI is InChI=1S/C12H12F3NO3/c1-7-9(18-7)10(12(13,14)15)19-11(17)16-8-5-3-2-4-6-8/h2-7,9-10H,1H3,(H,16,17). The highest BCUT2D eigenvalue weighted by Crippen LogP contribution is 2.36. The van der Waals surface area contributed by atoms with Gasteiger partial charge in [-0.1, -0.05) is 18.2 Å². The van der Waals surface area contributed by atoms with E-state index in [1.165, 1.54) is 6.92 Å². The molecular weight excluding hydrogens is 263 g/mol. The largest absolute Gasteiger partial charge is 0.433 e. The molecular formula is C12H12F3NO3. The van der Waals surface area contributed by atoms with Gasteiger partial charge in [0.2, 0.25) is 6.10 Å². The number of hydrogen-bond acceptors (Lipinski definition) is 3. The number of nitrogens with one attached hydrogen (secondary N) is 1. The van der Waals surface area contributed by atoms with Crippen molar-refractivity contribution in [2.24, 2.45) is 0 Å². The molecule has 1 N–H and O–H groups in total. The van der Waals surface area contributed by atoms with E-state index < -0.39 is 30.6 Å². The fourth-order valence-corrected chi connectivity index (χ4v) is 1.62. The molecule has 1 heterocycles. The third kappa shape index (κ3) is 3.60. The number of amides is 1. The van der Waals surface area contributed by atoms with Gasteiger partial charge < -0.3 is 9.47 Å². The van der Waals surface area contributed by atoms with Crippen LogP contribution in [0.4, 0.5) is 23.7 Å². The Morgan fingerprint density at radius 1 is 1.37 bits per heavy atom. The number of hydrogen-bond donors (Lipinski definition) is 1. The molecule has 0 aliphatic carbocycles. The summed E-state index contributed by atoms with van der Waals surface area (Å²) in [5.41, 5.74) is 0.359. The van der Waals surface area contributed by atoms with Crippen molar-refractivity contribution < 1.29 is 27.4 Å². The van der Waals surface area contributed by atoms with Crippen molar-refractivity contribution in [1.82, 2.24) is 0 Å². The van der Waals surface area contributed by atoms with Gasteiger partial charge >= 0.3 is 12.3 Å². The zero-order chi connectivity index (χ0) is 14.0. The summed E-state index contributed by atoms with van der Waals surface area (Å²) in [6, 6.07) is 8.08. The number of anilines is 1. The first-order chi connectivity index (χ1) is 8.88. The molecule has 1 aliphatic heterocycles. The maximum atomic E-state index is 12.7. The third-order valence-electron chi connectivity index (χ3n) is 2.63. The van der Waals surface area contributed by atoms with Crippen molar-refractivity contribution in [2.45, 2.75) is 31.4 Å². The molecule has 19 heavy (non-hydrogen) atoms. The van der Waals surface area contributed by atoms with Crippen LogP contribution in [0, 0.1) is 0 Å². The first kappa shape index (κ1) is 13.7. The summed E-state index contributed by atoms with van der Waals surface area (Å²) < 4.78 is 47.2. The lowest BCUT2D eigenvalue weighted by molar-refractivity contribution is -0.207. The Morgan fingerprint density at radius 2 is 1.95 bits per heavy atom. The number of carbonyl (C=O) groups excluding carboxylic acids is 1. The van der Waals surface area contributed by atoms with Crippen LogP contribution in [0.2, 0.25) is 0 Å². The topological polar surface area (TPSA) is 50.9 Å². The summed E-state index contributed by atoms with van der Waals surface area (Å²) in [7, 11) is 0. The molecule has 4 nitrogen and oxygen atoms in total. The highest BCUT2D eigenvalue weighted by molar-refractivity contribution is 5.84. The molecule has 1 fully saturated rings. The zero-order valence-electron chi connectivity index (χ0n) is 9.98. The lowest BCUT2D eigenvalue weighted by Gasteiger charge is -2.19. The zero-order valence-corrected chi connectivity index (χ0v) is 9.98. The number of ether oxygens (including phenoxy) is 2. The van der Waals surface area contributed by atoms with Gasteiger partial charge in [-0.15, -0.1) is 0 Å². The van der Waals surface area contributed by atoms with Crippen LogP contribution in [0.1, 0.15) is 6.92 Å². The van der Waals surface area contributed by atoms with E-state index in [1.54, 1.807) is 30.3 Å². The molecule has 1 saturated heterocycles. The van der Waals surface area contributed by atoms with E-state index in [2.05, 4.69) is 10.1 Å². The number of benzene rings is 1. The Balaban J connectivity index is 1.96. The quantitative estimate of drug-likeness (QED) is 0.863. The van der Waals surface area contributed by atoms with E-state index in [1.807, 2.05) is 0 Å². The number of rotatable bonds is 3. The fraction of sp³-hybridized carbons (Fsp3) is 0.417. The number of carbonyl (C=O) groups is 1. The Labute approximate surface area is 107 Å². The van der Waals surface area contributed by atoms with Crippen LogP contribution >= 0.6 is 0 Å². The normalized spacial score (nSPS) is 23.6. The molecule has 1 amide bonds. The first-order valence-electron chi connectivity index (χ1n) is 5.63. The lowest BCUT2D eigenvalue weighted by Crippen LogP contribution is -2.40. The summed E-state index contributed by atoms with van der Waals surface area (Å²) in [5, 5.41) is 2.23. The van der Waals surface area contributed by atoms with Gasteiger partial charge in [0.05, 0.1) is 6.10 Å². The molecule has 2 rings (SSSR count). The Kier molecular flexibility index (Phi) is 3.66. The van der Waals surface area contributed by atoms with Gasteiger partial charge in [-0.05, 0) is 19.1 Å². The highest BCUT2D eigenvalue weighted by atomic mass is 19.4. The number of epoxide rings is 1. The van der Waals surface area contributed by atoms with E-state index in [-0.39, 0.29) is 0 Å². The second-order valence-corrected chi connectivity index (χ2v) is 4.16. The summed E-state index contributed by atoms with van der Waals surface area (Å²) >= 11 is 0. The molecule has 1 aromatic rings. The van der Waals surface area contributed by atoms with Gasteiger partial charge in [-0.3, -0.25) is 5.32 Å². The van der Waals surface area contributed by atoms with Crippen LogP contribution in [-0.2, 0) is 9.47 Å². The molecule has 0 aromatic heterocycles. The van der Waals surface area contributed by atoms with E-state index in [0.29, 0.717) is 5.69 Å². The predicted molar refractivity (Wildman–Crippen MR) is 60.7 cm³/mol. The minimum Gasteiger partial charge on any atom is -0.433 e. The van der Waals surface area contributed by atoms with Crippen LogP contribution in [0.3, 0.4) is 0 Å². The molecule has 0 spiro atoms.